The second kappa shape index (κ2) is 18.4. The summed E-state index contributed by atoms with van der Waals surface area (Å²) in [5, 5.41) is 17.4. The van der Waals surface area contributed by atoms with Crippen molar-refractivity contribution in [2.45, 2.75) is 63.7 Å². The summed E-state index contributed by atoms with van der Waals surface area (Å²) in [5.41, 5.74) is 4.54. The van der Waals surface area contributed by atoms with Crippen LogP contribution in [0, 0.1) is 0 Å². The Hall–Kier alpha value is -5.08. The number of ether oxygens (including phenoxy) is 6. The van der Waals surface area contributed by atoms with Crippen LogP contribution in [0.15, 0.2) is 121 Å². The van der Waals surface area contributed by atoms with Crippen LogP contribution >= 0.6 is 0 Å². The lowest BCUT2D eigenvalue weighted by molar-refractivity contribution is -0.323. The number of aliphatic carboxylic acids is 1. The maximum absolute atomic E-state index is 11.7. The monoisotopic (exact) mass is 707 g/mol. The summed E-state index contributed by atoms with van der Waals surface area (Å²) in [4.78, 5) is 22.7. The molecule has 0 spiro atoms. The largest absolute Gasteiger partial charge is 0.475 e. The standard InChI is InChI=1S/C40H41N3O9/c1-47-40-38(51-25-31-15-9-4-10-16-31)37(50-24-30-13-7-3-8-14-30)36(49-23-29-11-5-2-6-12-29)34(52-40)27-48-26-33-22-43(42-41-33)21-28-17-19-32(20-18-28)35(44)39(45)46/h2-20,22,34,36-38,40H,21,23-27H2,1H3,(H,45,46)/t34?,36-,37?,38?,40+/m1/s1. The Bertz CT molecular complexity index is 1840. The average Bonchev–Trinajstić information content (AvgIpc) is 3.63. The second-order valence-electron chi connectivity index (χ2n) is 12.3. The van der Waals surface area contributed by atoms with Gasteiger partial charge in [-0.2, -0.15) is 0 Å². The molecule has 4 aromatic carbocycles. The first-order valence-electron chi connectivity index (χ1n) is 16.9. The number of Topliss-reactive ketones (excluding diaryl/α,β-unsaturated/α-hetero) is 1. The molecule has 0 saturated carbocycles. The summed E-state index contributed by atoms with van der Waals surface area (Å²) in [6.45, 7) is 1.63. The van der Waals surface area contributed by atoms with E-state index in [1.165, 1.54) is 12.1 Å². The summed E-state index contributed by atoms with van der Waals surface area (Å²) in [6.07, 6.45) is -1.40. The van der Waals surface area contributed by atoms with Crippen molar-refractivity contribution in [1.82, 2.24) is 15.0 Å². The molecule has 0 radical (unpaired) electrons. The number of aromatic nitrogens is 3. The van der Waals surface area contributed by atoms with Crippen LogP contribution in [0.5, 0.6) is 0 Å². The molecule has 0 amide bonds. The van der Waals surface area contributed by atoms with Gasteiger partial charge in [-0.05, 0) is 22.3 Å². The fourth-order valence-corrected chi connectivity index (χ4v) is 5.90. The molecule has 52 heavy (non-hydrogen) atoms. The molecular weight excluding hydrogens is 666 g/mol. The first-order chi connectivity index (χ1) is 25.5. The molecule has 1 aliphatic rings. The molecule has 270 valence electrons. The third-order valence-corrected chi connectivity index (χ3v) is 8.55. The molecule has 6 rings (SSSR count). The maximum Gasteiger partial charge on any atom is 0.377 e. The van der Waals surface area contributed by atoms with E-state index in [4.69, 9.17) is 33.5 Å². The van der Waals surface area contributed by atoms with Gasteiger partial charge in [-0.25, -0.2) is 9.48 Å². The van der Waals surface area contributed by atoms with E-state index in [0.717, 1.165) is 22.3 Å². The molecule has 1 N–H and O–H groups in total. The number of nitrogens with zero attached hydrogens (tertiary/aromatic N) is 3. The van der Waals surface area contributed by atoms with E-state index in [0.29, 0.717) is 32.1 Å². The smallest absolute Gasteiger partial charge is 0.377 e. The molecule has 3 unspecified atom stereocenters. The fraction of sp³-hybridized carbons (Fsp3) is 0.300. The SMILES string of the molecule is CO[C@H]1OC(COCc2cn(Cc3ccc(C(=O)C(=O)O)cc3)nn2)[C@@H](OCc2ccccc2)C(OCc2ccccc2)C1OCc1ccccc1. The molecule has 5 aromatic rings. The Morgan fingerprint density at radius 1 is 0.692 bits per heavy atom. The molecule has 0 aliphatic carbocycles. The molecular formula is C40H41N3O9. The zero-order chi connectivity index (χ0) is 36.1. The molecule has 1 fully saturated rings. The molecule has 2 heterocycles. The number of hydrogen-bond donors (Lipinski definition) is 1. The topological polar surface area (TPSA) is 140 Å². The maximum atomic E-state index is 11.7. The van der Waals surface area contributed by atoms with Gasteiger partial charge >= 0.3 is 5.97 Å². The Balaban J connectivity index is 1.16. The van der Waals surface area contributed by atoms with Crippen LogP contribution in [-0.4, -0.2) is 76.3 Å². The van der Waals surface area contributed by atoms with Gasteiger partial charge in [-0.15, -0.1) is 5.10 Å². The van der Waals surface area contributed by atoms with Crippen molar-refractivity contribution in [2.24, 2.45) is 0 Å². The van der Waals surface area contributed by atoms with E-state index in [1.54, 1.807) is 30.1 Å². The van der Waals surface area contributed by atoms with Gasteiger partial charge in [0.05, 0.1) is 45.8 Å². The number of hydrogen-bond acceptors (Lipinski definition) is 10. The minimum absolute atomic E-state index is 0.109. The Morgan fingerprint density at radius 3 is 1.77 bits per heavy atom. The minimum Gasteiger partial charge on any atom is -0.475 e. The molecule has 1 aromatic heterocycles. The highest BCUT2D eigenvalue weighted by atomic mass is 16.7. The summed E-state index contributed by atoms with van der Waals surface area (Å²) in [7, 11) is 1.58. The quantitative estimate of drug-likeness (QED) is 0.0945. The Morgan fingerprint density at radius 2 is 1.23 bits per heavy atom. The van der Waals surface area contributed by atoms with Gasteiger partial charge in [0.2, 0.25) is 0 Å². The molecule has 0 bridgehead atoms. The number of ketones is 1. The van der Waals surface area contributed by atoms with Gasteiger partial charge in [-0.3, -0.25) is 4.79 Å². The highest BCUT2D eigenvalue weighted by molar-refractivity contribution is 6.39. The summed E-state index contributed by atoms with van der Waals surface area (Å²) < 4.78 is 39.9. The van der Waals surface area contributed by atoms with Crippen LogP contribution in [0.2, 0.25) is 0 Å². The van der Waals surface area contributed by atoms with E-state index in [2.05, 4.69) is 10.3 Å². The number of methoxy groups -OCH3 is 1. The predicted octanol–water partition coefficient (Wildman–Crippen LogP) is 5.24. The Labute approximate surface area is 301 Å². The number of carboxylic acids is 1. The van der Waals surface area contributed by atoms with Gasteiger partial charge in [-0.1, -0.05) is 120 Å². The van der Waals surface area contributed by atoms with Gasteiger partial charge in [0.25, 0.3) is 5.78 Å². The average molecular weight is 708 g/mol. The summed E-state index contributed by atoms with van der Waals surface area (Å²) in [5.74, 6) is -2.45. The molecule has 1 saturated heterocycles. The highest BCUT2D eigenvalue weighted by Gasteiger charge is 2.48. The molecule has 5 atom stereocenters. The van der Waals surface area contributed by atoms with Crippen molar-refractivity contribution in [3.05, 3.63) is 155 Å². The van der Waals surface area contributed by atoms with E-state index >= 15 is 0 Å². The van der Waals surface area contributed by atoms with Crippen molar-refractivity contribution >= 4 is 11.8 Å². The predicted molar refractivity (Wildman–Crippen MR) is 188 cm³/mol. The highest BCUT2D eigenvalue weighted by Crippen LogP contribution is 2.31. The van der Waals surface area contributed by atoms with Gasteiger partial charge in [0.15, 0.2) is 6.29 Å². The van der Waals surface area contributed by atoms with Crippen molar-refractivity contribution in [3.8, 4) is 0 Å². The number of carboxylic acid groups (broad SMARTS) is 1. The number of benzene rings is 4. The van der Waals surface area contributed by atoms with E-state index < -0.39 is 42.5 Å². The lowest BCUT2D eigenvalue weighted by Crippen LogP contribution is -2.61. The number of rotatable bonds is 18. The fourth-order valence-electron chi connectivity index (χ4n) is 5.90. The van der Waals surface area contributed by atoms with E-state index in [-0.39, 0.29) is 18.8 Å². The van der Waals surface area contributed by atoms with Crippen molar-refractivity contribution in [1.29, 1.82) is 0 Å². The van der Waals surface area contributed by atoms with Crippen molar-refractivity contribution in [3.63, 3.8) is 0 Å². The van der Waals surface area contributed by atoms with E-state index in [9.17, 15) is 9.59 Å². The number of carbonyl (C=O) groups excluding carboxylic acids is 1. The third kappa shape index (κ3) is 10.0. The second-order valence-corrected chi connectivity index (χ2v) is 12.3. The molecule has 12 nitrogen and oxygen atoms in total. The van der Waals surface area contributed by atoms with Gasteiger partial charge in [0.1, 0.15) is 30.1 Å². The zero-order valence-electron chi connectivity index (χ0n) is 28.7. The van der Waals surface area contributed by atoms with Crippen LogP contribution < -0.4 is 0 Å². The first-order valence-corrected chi connectivity index (χ1v) is 16.9. The summed E-state index contributed by atoms with van der Waals surface area (Å²) >= 11 is 0. The molecule has 1 aliphatic heterocycles. The van der Waals surface area contributed by atoms with Gasteiger partial charge in [0, 0.05) is 12.7 Å². The van der Waals surface area contributed by atoms with Crippen LogP contribution in [-0.2, 0) is 66.2 Å². The van der Waals surface area contributed by atoms with E-state index in [1.807, 2.05) is 91.0 Å². The van der Waals surface area contributed by atoms with Crippen LogP contribution in [0.1, 0.15) is 38.3 Å². The number of carbonyl (C=O) groups is 2. The van der Waals surface area contributed by atoms with Crippen molar-refractivity contribution < 1.29 is 43.1 Å². The van der Waals surface area contributed by atoms with Crippen LogP contribution in [0.4, 0.5) is 0 Å². The lowest BCUT2D eigenvalue weighted by Gasteiger charge is -2.45. The Kier molecular flexibility index (Phi) is 13.0. The normalized spacial score (nSPS) is 20.1. The lowest BCUT2D eigenvalue weighted by atomic mass is 9.97. The third-order valence-electron chi connectivity index (χ3n) is 8.55. The van der Waals surface area contributed by atoms with Crippen LogP contribution in [0.25, 0.3) is 0 Å². The first kappa shape index (κ1) is 36.7. The zero-order valence-corrected chi connectivity index (χ0v) is 28.7. The molecule has 12 heteroatoms. The minimum atomic E-state index is -1.49. The van der Waals surface area contributed by atoms with Crippen molar-refractivity contribution in [2.75, 3.05) is 13.7 Å². The summed E-state index contributed by atoms with van der Waals surface area (Å²) in [6, 6.07) is 36.1. The van der Waals surface area contributed by atoms with Crippen LogP contribution in [0.3, 0.4) is 0 Å². The van der Waals surface area contributed by atoms with Gasteiger partial charge < -0.3 is 33.5 Å².